The van der Waals surface area contributed by atoms with Crippen LogP contribution < -0.4 is 5.32 Å². The van der Waals surface area contributed by atoms with Crippen molar-refractivity contribution in [1.29, 1.82) is 0 Å². The van der Waals surface area contributed by atoms with Crippen molar-refractivity contribution in [2.75, 3.05) is 20.1 Å². The molecule has 0 aromatic rings. The quantitative estimate of drug-likeness (QED) is 0.625. The number of unbranched alkanes of at least 4 members (excludes halogenated alkanes) is 1. The number of hydrogen-bond acceptors (Lipinski definition) is 2. The van der Waals surface area contributed by atoms with Crippen molar-refractivity contribution in [2.24, 2.45) is 5.92 Å². The van der Waals surface area contributed by atoms with Gasteiger partial charge in [0.2, 0.25) is 0 Å². The second-order valence-corrected chi connectivity index (χ2v) is 5.06. The number of nitrogens with one attached hydrogen (secondary N) is 1. The highest BCUT2D eigenvalue weighted by molar-refractivity contribution is 4.74. The zero-order chi connectivity index (χ0) is 11.8. The number of nitrogens with zero attached hydrogens (tertiary/aromatic N) is 1. The average Bonchev–Trinajstić information content (AvgIpc) is 2.21. The van der Waals surface area contributed by atoms with Gasteiger partial charge in [-0.3, -0.25) is 4.90 Å². The van der Waals surface area contributed by atoms with Gasteiger partial charge in [-0.1, -0.05) is 27.2 Å². The van der Waals surface area contributed by atoms with Gasteiger partial charge in [0.25, 0.3) is 0 Å². The van der Waals surface area contributed by atoms with Crippen molar-refractivity contribution in [3.8, 4) is 0 Å². The number of likely N-dealkylation sites (N-methyl/N-ethyl adjacent to an activating group) is 1. The Morgan fingerprint density at radius 3 is 2.20 bits per heavy atom. The van der Waals surface area contributed by atoms with Gasteiger partial charge in [-0.25, -0.2) is 0 Å². The Hall–Kier alpha value is -0.0800. The first-order chi connectivity index (χ1) is 7.00. The Morgan fingerprint density at radius 1 is 1.13 bits per heavy atom. The normalized spacial score (nSPS) is 16.0. The van der Waals surface area contributed by atoms with Crippen molar-refractivity contribution < 1.29 is 0 Å². The summed E-state index contributed by atoms with van der Waals surface area (Å²) in [6.45, 7) is 13.7. The van der Waals surface area contributed by atoms with E-state index in [1.807, 2.05) is 0 Å². The third-order valence-corrected chi connectivity index (χ3v) is 3.45. The predicted octanol–water partition coefficient (Wildman–Crippen LogP) is 2.74. The molecule has 0 amide bonds. The van der Waals surface area contributed by atoms with Gasteiger partial charge in [0, 0.05) is 18.6 Å². The molecule has 0 aromatic heterocycles. The zero-order valence-electron chi connectivity index (χ0n) is 11.5. The molecule has 0 aliphatic rings. The largest absolute Gasteiger partial charge is 0.315 e. The molecular formula is C13H30N2. The average molecular weight is 214 g/mol. The van der Waals surface area contributed by atoms with Crippen LogP contribution in [0.3, 0.4) is 0 Å². The summed E-state index contributed by atoms with van der Waals surface area (Å²) in [5.41, 5.74) is 0. The van der Waals surface area contributed by atoms with Gasteiger partial charge in [0.1, 0.15) is 0 Å². The second kappa shape index (κ2) is 8.12. The molecule has 0 rings (SSSR count). The van der Waals surface area contributed by atoms with Crippen LogP contribution in [0, 0.1) is 5.92 Å². The van der Waals surface area contributed by atoms with Crippen molar-refractivity contribution in [3.63, 3.8) is 0 Å². The van der Waals surface area contributed by atoms with Crippen LogP contribution in [0.15, 0.2) is 0 Å². The molecule has 0 aliphatic heterocycles. The monoisotopic (exact) mass is 214 g/mol. The lowest BCUT2D eigenvalue weighted by Gasteiger charge is -2.33. The zero-order valence-corrected chi connectivity index (χ0v) is 11.5. The maximum Gasteiger partial charge on any atom is 0.0192 e. The summed E-state index contributed by atoms with van der Waals surface area (Å²) < 4.78 is 0. The summed E-state index contributed by atoms with van der Waals surface area (Å²) in [6, 6.07) is 1.28. The van der Waals surface area contributed by atoms with E-state index in [-0.39, 0.29) is 0 Å². The Morgan fingerprint density at radius 2 is 1.73 bits per heavy atom. The van der Waals surface area contributed by atoms with E-state index in [4.69, 9.17) is 0 Å². The molecule has 0 aliphatic carbocycles. The Bertz CT molecular complexity index is 145. The van der Waals surface area contributed by atoms with E-state index in [0.717, 1.165) is 19.0 Å². The van der Waals surface area contributed by atoms with Crippen LogP contribution in [-0.2, 0) is 0 Å². The summed E-state index contributed by atoms with van der Waals surface area (Å²) in [7, 11) is 2.23. The summed E-state index contributed by atoms with van der Waals surface area (Å²) >= 11 is 0. The maximum atomic E-state index is 3.52. The highest BCUT2D eigenvalue weighted by Crippen LogP contribution is 2.10. The van der Waals surface area contributed by atoms with Crippen molar-refractivity contribution in [2.45, 2.75) is 59.5 Å². The van der Waals surface area contributed by atoms with Crippen LogP contribution in [0.2, 0.25) is 0 Å². The third kappa shape index (κ3) is 6.16. The molecule has 0 saturated heterocycles. The molecule has 2 atom stereocenters. The second-order valence-electron chi connectivity index (χ2n) is 5.06. The van der Waals surface area contributed by atoms with E-state index >= 15 is 0 Å². The minimum absolute atomic E-state index is 0.624. The summed E-state index contributed by atoms with van der Waals surface area (Å²) in [6.07, 6.45) is 2.57. The Balaban J connectivity index is 3.73. The molecule has 0 fully saturated rings. The molecule has 2 unspecified atom stereocenters. The fourth-order valence-electron chi connectivity index (χ4n) is 1.63. The van der Waals surface area contributed by atoms with Gasteiger partial charge in [-0.2, -0.15) is 0 Å². The topological polar surface area (TPSA) is 15.3 Å². The molecular weight excluding hydrogens is 184 g/mol. The molecule has 92 valence electrons. The molecule has 0 heterocycles. The summed E-state index contributed by atoms with van der Waals surface area (Å²) in [5, 5.41) is 3.52. The molecule has 2 heteroatoms. The smallest absolute Gasteiger partial charge is 0.0192 e. The van der Waals surface area contributed by atoms with Gasteiger partial charge in [0.15, 0.2) is 0 Å². The summed E-state index contributed by atoms with van der Waals surface area (Å²) in [4.78, 5) is 2.48. The fourth-order valence-corrected chi connectivity index (χ4v) is 1.63. The molecule has 0 radical (unpaired) electrons. The van der Waals surface area contributed by atoms with Crippen LogP contribution in [-0.4, -0.2) is 37.1 Å². The standard InChI is InChI=1S/C13H30N2/c1-7-8-9-14-10-12(4)15(6)13(5)11(2)3/h11-14H,7-10H2,1-6H3. The van der Waals surface area contributed by atoms with Gasteiger partial charge >= 0.3 is 0 Å². The van der Waals surface area contributed by atoms with Crippen LogP contribution >= 0.6 is 0 Å². The molecule has 0 aromatic carbocycles. The Labute approximate surface area is 96.4 Å². The SMILES string of the molecule is CCCCNCC(C)N(C)C(C)C(C)C. The minimum Gasteiger partial charge on any atom is -0.315 e. The first-order valence-electron chi connectivity index (χ1n) is 6.43. The van der Waals surface area contributed by atoms with E-state index in [2.05, 4.69) is 51.9 Å². The van der Waals surface area contributed by atoms with Crippen LogP contribution in [0.5, 0.6) is 0 Å². The lowest BCUT2D eigenvalue weighted by atomic mass is 10.0. The summed E-state index contributed by atoms with van der Waals surface area (Å²) in [5.74, 6) is 0.730. The van der Waals surface area contributed by atoms with Crippen LogP contribution in [0.25, 0.3) is 0 Å². The van der Waals surface area contributed by atoms with Gasteiger partial charge in [-0.05, 0) is 39.8 Å². The molecule has 0 spiro atoms. The first kappa shape index (κ1) is 14.9. The van der Waals surface area contributed by atoms with E-state index in [1.165, 1.54) is 12.8 Å². The molecule has 2 nitrogen and oxygen atoms in total. The minimum atomic E-state index is 0.624. The molecule has 1 N–H and O–H groups in total. The molecule has 15 heavy (non-hydrogen) atoms. The van der Waals surface area contributed by atoms with E-state index in [9.17, 15) is 0 Å². The highest BCUT2D eigenvalue weighted by Gasteiger charge is 2.17. The Kier molecular flexibility index (Phi) is 8.07. The lowest BCUT2D eigenvalue weighted by molar-refractivity contribution is 0.155. The first-order valence-corrected chi connectivity index (χ1v) is 6.43. The molecule has 0 saturated carbocycles. The van der Waals surface area contributed by atoms with Gasteiger partial charge in [-0.15, -0.1) is 0 Å². The fraction of sp³-hybridized carbons (Fsp3) is 1.00. The van der Waals surface area contributed by atoms with Crippen LogP contribution in [0.4, 0.5) is 0 Å². The number of rotatable bonds is 8. The third-order valence-electron chi connectivity index (χ3n) is 3.45. The van der Waals surface area contributed by atoms with Gasteiger partial charge < -0.3 is 5.32 Å². The van der Waals surface area contributed by atoms with E-state index in [0.29, 0.717) is 12.1 Å². The van der Waals surface area contributed by atoms with E-state index in [1.54, 1.807) is 0 Å². The lowest BCUT2D eigenvalue weighted by Crippen LogP contribution is -2.44. The van der Waals surface area contributed by atoms with Crippen molar-refractivity contribution in [1.82, 2.24) is 10.2 Å². The number of hydrogen-bond donors (Lipinski definition) is 1. The van der Waals surface area contributed by atoms with Crippen molar-refractivity contribution >= 4 is 0 Å². The maximum absolute atomic E-state index is 3.52. The molecule has 0 bridgehead atoms. The van der Waals surface area contributed by atoms with Crippen LogP contribution in [0.1, 0.15) is 47.5 Å². The van der Waals surface area contributed by atoms with Crippen molar-refractivity contribution in [3.05, 3.63) is 0 Å². The highest BCUT2D eigenvalue weighted by atomic mass is 15.2. The van der Waals surface area contributed by atoms with E-state index < -0.39 is 0 Å². The van der Waals surface area contributed by atoms with Gasteiger partial charge in [0.05, 0.1) is 0 Å². The predicted molar refractivity (Wildman–Crippen MR) is 69.3 cm³/mol.